The fourth-order valence-corrected chi connectivity index (χ4v) is 2.48. The molecule has 0 N–H and O–H groups in total. The van der Waals surface area contributed by atoms with Crippen LogP contribution in [0.3, 0.4) is 0 Å². The number of carbonyl (C=O) groups excluding carboxylic acids is 1. The summed E-state index contributed by atoms with van der Waals surface area (Å²) < 4.78 is 5.24. The van der Waals surface area contributed by atoms with Crippen molar-refractivity contribution in [2.24, 2.45) is 0 Å². The van der Waals surface area contributed by atoms with Crippen LogP contribution in [0.4, 0.5) is 0 Å². The summed E-state index contributed by atoms with van der Waals surface area (Å²) in [5.74, 6) is 0.777. The van der Waals surface area contributed by atoms with Crippen LogP contribution in [-0.4, -0.2) is 12.9 Å². The third-order valence-electron chi connectivity index (χ3n) is 3.33. The highest BCUT2D eigenvalue weighted by molar-refractivity contribution is 5.98. The van der Waals surface area contributed by atoms with E-state index in [0.717, 1.165) is 6.42 Å². The minimum absolute atomic E-state index is 0.126. The number of ketones is 1. The van der Waals surface area contributed by atoms with E-state index in [4.69, 9.17) is 4.74 Å². The van der Waals surface area contributed by atoms with E-state index in [1.165, 1.54) is 16.7 Å². The van der Waals surface area contributed by atoms with Crippen molar-refractivity contribution in [1.29, 1.82) is 0 Å². The molecule has 2 rings (SSSR count). The van der Waals surface area contributed by atoms with Crippen LogP contribution in [-0.2, 0) is 6.42 Å². The summed E-state index contributed by atoms with van der Waals surface area (Å²) in [6, 6.07) is 13.8. The van der Waals surface area contributed by atoms with E-state index in [1.54, 1.807) is 7.11 Å². The van der Waals surface area contributed by atoms with Gasteiger partial charge in [0.05, 0.1) is 12.7 Å². The Morgan fingerprint density at radius 1 is 1.05 bits per heavy atom. The summed E-state index contributed by atoms with van der Waals surface area (Å²) in [5, 5.41) is 0. The zero-order chi connectivity index (χ0) is 14.5. The average molecular weight is 268 g/mol. The van der Waals surface area contributed by atoms with Crippen molar-refractivity contribution in [3.8, 4) is 5.75 Å². The number of rotatable bonds is 5. The van der Waals surface area contributed by atoms with E-state index >= 15 is 0 Å². The second-order valence-corrected chi connectivity index (χ2v) is 5.12. The molecule has 0 bridgehead atoms. The van der Waals surface area contributed by atoms with Crippen molar-refractivity contribution < 1.29 is 9.53 Å². The second-order valence-electron chi connectivity index (χ2n) is 5.12. The number of para-hydroxylation sites is 1. The van der Waals surface area contributed by atoms with Crippen molar-refractivity contribution in [2.75, 3.05) is 7.11 Å². The number of ether oxygens (including phenoxy) is 1. The Morgan fingerprint density at radius 3 is 2.35 bits per heavy atom. The smallest absolute Gasteiger partial charge is 0.166 e. The topological polar surface area (TPSA) is 26.3 Å². The number of Topliss-reactive ketones (excluding diaryl/α,β-unsaturated/α-hetero) is 1. The molecule has 0 aliphatic rings. The van der Waals surface area contributed by atoms with Gasteiger partial charge in [-0.3, -0.25) is 4.79 Å². The molecule has 0 atom stereocenters. The van der Waals surface area contributed by atoms with Crippen LogP contribution >= 0.6 is 0 Å². The first kappa shape index (κ1) is 14.3. The largest absolute Gasteiger partial charge is 0.496 e. The molecular formula is C18H20O2. The van der Waals surface area contributed by atoms with Crippen LogP contribution in [0.2, 0.25) is 0 Å². The van der Waals surface area contributed by atoms with Crippen LogP contribution in [0.25, 0.3) is 0 Å². The Morgan fingerprint density at radius 2 is 1.70 bits per heavy atom. The minimum Gasteiger partial charge on any atom is -0.496 e. The molecule has 104 valence electrons. The fourth-order valence-electron chi connectivity index (χ4n) is 2.48. The van der Waals surface area contributed by atoms with E-state index < -0.39 is 0 Å². The van der Waals surface area contributed by atoms with Gasteiger partial charge in [0.15, 0.2) is 5.78 Å². The summed E-state index contributed by atoms with van der Waals surface area (Å²) >= 11 is 0. The van der Waals surface area contributed by atoms with Gasteiger partial charge in [0.1, 0.15) is 5.75 Å². The molecule has 0 aromatic heterocycles. The highest BCUT2D eigenvalue weighted by atomic mass is 16.5. The van der Waals surface area contributed by atoms with Gasteiger partial charge in [-0.1, -0.05) is 41.5 Å². The van der Waals surface area contributed by atoms with Crippen molar-refractivity contribution >= 4 is 5.78 Å². The van der Waals surface area contributed by atoms with Crippen LogP contribution in [0.15, 0.2) is 42.5 Å². The molecule has 0 heterocycles. The van der Waals surface area contributed by atoms with Gasteiger partial charge in [-0.25, -0.2) is 0 Å². The molecule has 0 aliphatic heterocycles. The highest BCUT2D eigenvalue weighted by Gasteiger charge is 2.11. The first-order chi connectivity index (χ1) is 9.60. The standard InChI is InChI=1S/C18H20O2/c1-13-10-14(2)12-15(11-13)8-9-17(19)16-6-4-5-7-18(16)20-3/h4-7,10-12H,8-9H2,1-3H3. The molecule has 0 spiro atoms. The lowest BCUT2D eigenvalue weighted by Crippen LogP contribution is -2.04. The zero-order valence-corrected chi connectivity index (χ0v) is 12.3. The van der Waals surface area contributed by atoms with E-state index in [2.05, 4.69) is 32.0 Å². The summed E-state index contributed by atoms with van der Waals surface area (Å²) in [5.41, 5.74) is 4.36. The minimum atomic E-state index is 0.126. The third-order valence-corrected chi connectivity index (χ3v) is 3.33. The molecule has 0 fully saturated rings. The van der Waals surface area contributed by atoms with Crippen LogP contribution in [0.1, 0.15) is 33.5 Å². The van der Waals surface area contributed by atoms with Gasteiger partial charge >= 0.3 is 0 Å². The van der Waals surface area contributed by atoms with Gasteiger partial charge in [-0.05, 0) is 38.0 Å². The molecular weight excluding hydrogens is 248 g/mol. The van der Waals surface area contributed by atoms with Crippen molar-refractivity contribution in [3.05, 3.63) is 64.7 Å². The Balaban J connectivity index is 2.08. The Bertz CT molecular complexity index is 594. The second kappa shape index (κ2) is 6.38. The zero-order valence-electron chi connectivity index (χ0n) is 12.3. The molecule has 0 amide bonds. The van der Waals surface area contributed by atoms with Gasteiger partial charge < -0.3 is 4.74 Å². The lowest BCUT2D eigenvalue weighted by Gasteiger charge is -2.08. The molecule has 0 saturated carbocycles. The Labute approximate surface area is 120 Å². The average Bonchev–Trinajstić information content (AvgIpc) is 2.43. The van der Waals surface area contributed by atoms with Crippen molar-refractivity contribution in [2.45, 2.75) is 26.7 Å². The molecule has 0 unspecified atom stereocenters. The number of benzene rings is 2. The number of aryl methyl sites for hydroxylation is 3. The number of carbonyl (C=O) groups is 1. The molecule has 2 aromatic rings. The summed E-state index contributed by atoms with van der Waals surface area (Å²) in [6.07, 6.45) is 1.27. The normalized spacial score (nSPS) is 10.3. The highest BCUT2D eigenvalue weighted by Crippen LogP contribution is 2.20. The van der Waals surface area contributed by atoms with E-state index in [0.29, 0.717) is 17.7 Å². The monoisotopic (exact) mass is 268 g/mol. The quantitative estimate of drug-likeness (QED) is 0.762. The Hall–Kier alpha value is -2.09. The summed E-state index contributed by atoms with van der Waals surface area (Å²) in [6.45, 7) is 4.16. The lowest BCUT2D eigenvalue weighted by atomic mass is 9.99. The molecule has 20 heavy (non-hydrogen) atoms. The summed E-state index contributed by atoms with van der Waals surface area (Å²) in [4.78, 5) is 12.3. The van der Waals surface area contributed by atoms with Gasteiger partial charge in [0, 0.05) is 6.42 Å². The van der Waals surface area contributed by atoms with E-state index in [9.17, 15) is 4.79 Å². The van der Waals surface area contributed by atoms with E-state index in [1.807, 2.05) is 24.3 Å². The first-order valence-electron chi connectivity index (χ1n) is 6.83. The third kappa shape index (κ3) is 3.47. The van der Waals surface area contributed by atoms with Crippen LogP contribution in [0.5, 0.6) is 5.75 Å². The fraction of sp³-hybridized carbons (Fsp3) is 0.278. The molecule has 2 aromatic carbocycles. The number of methoxy groups -OCH3 is 1. The first-order valence-corrected chi connectivity index (χ1v) is 6.83. The maximum atomic E-state index is 12.3. The van der Waals surface area contributed by atoms with Crippen LogP contribution in [0, 0.1) is 13.8 Å². The van der Waals surface area contributed by atoms with Gasteiger partial charge in [0.2, 0.25) is 0 Å². The lowest BCUT2D eigenvalue weighted by molar-refractivity contribution is 0.0980. The van der Waals surface area contributed by atoms with Gasteiger partial charge in [0.25, 0.3) is 0 Å². The maximum absolute atomic E-state index is 12.3. The van der Waals surface area contributed by atoms with Gasteiger partial charge in [-0.2, -0.15) is 0 Å². The summed E-state index contributed by atoms with van der Waals surface area (Å²) in [7, 11) is 1.59. The van der Waals surface area contributed by atoms with Crippen molar-refractivity contribution in [1.82, 2.24) is 0 Å². The molecule has 2 nitrogen and oxygen atoms in total. The van der Waals surface area contributed by atoms with E-state index in [-0.39, 0.29) is 5.78 Å². The Kier molecular flexibility index (Phi) is 4.57. The molecule has 0 saturated heterocycles. The molecule has 0 aliphatic carbocycles. The molecule has 2 heteroatoms. The predicted molar refractivity (Wildman–Crippen MR) is 81.6 cm³/mol. The SMILES string of the molecule is COc1ccccc1C(=O)CCc1cc(C)cc(C)c1. The van der Waals surface area contributed by atoms with Crippen molar-refractivity contribution in [3.63, 3.8) is 0 Å². The molecule has 0 radical (unpaired) electrons. The van der Waals surface area contributed by atoms with Gasteiger partial charge in [-0.15, -0.1) is 0 Å². The number of hydrogen-bond donors (Lipinski definition) is 0. The predicted octanol–water partition coefficient (Wildman–Crippen LogP) is 4.13. The van der Waals surface area contributed by atoms with Crippen LogP contribution < -0.4 is 4.74 Å². The maximum Gasteiger partial charge on any atom is 0.166 e. The number of hydrogen-bond acceptors (Lipinski definition) is 2.